The predicted molar refractivity (Wildman–Crippen MR) is 82.2 cm³/mol. The molecule has 0 spiro atoms. The number of halogens is 1. The van der Waals surface area contributed by atoms with Crippen LogP contribution in [0.25, 0.3) is 0 Å². The second kappa shape index (κ2) is 6.33. The van der Waals surface area contributed by atoms with Crippen molar-refractivity contribution in [2.24, 2.45) is 11.8 Å². The third kappa shape index (κ3) is 3.87. The Morgan fingerprint density at radius 2 is 2.15 bits per heavy atom. The van der Waals surface area contributed by atoms with E-state index in [1.54, 1.807) is 6.07 Å². The van der Waals surface area contributed by atoms with E-state index in [0.717, 1.165) is 12.8 Å². The zero-order chi connectivity index (χ0) is 14.8. The molecule has 1 aliphatic rings. The zero-order valence-corrected chi connectivity index (χ0v) is 13.2. The van der Waals surface area contributed by atoms with Gasteiger partial charge in [0.05, 0.1) is 5.69 Å². The summed E-state index contributed by atoms with van der Waals surface area (Å²) in [6.45, 7) is 2.69. The van der Waals surface area contributed by atoms with Crippen LogP contribution < -0.4 is 10.5 Å². The normalized spacial score (nSPS) is 23.7. The summed E-state index contributed by atoms with van der Waals surface area (Å²) in [6, 6.07) is 4.49. The highest BCUT2D eigenvalue weighted by molar-refractivity contribution is 7.89. The van der Waals surface area contributed by atoms with Crippen LogP contribution in [0.1, 0.15) is 32.6 Å². The summed E-state index contributed by atoms with van der Waals surface area (Å²) in [4.78, 5) is 0.0638. The maximum Gasteiger partial charge on any atom is 0.242 e. The van der Waals surface area contributed by atoms with Crippen molar-refractivity contribution >= 4 is 27.3 Å². The molecule has 2 unspecified atom stereocenters. The molecule has 0 aliphatic heterocycles. The van der Waals surface area contributed by atoms with Crippen LogP contribution in [0.4, 0.5) is 5.69 Å². The Bertz CT molecular complexity index is 575. The first-order chi connectivity index (χ1) is 9.38. The molecule has 1 aromatic carbocycles. The highest BCUT2D eigenvalue weighted by Gasteiger charge is 2.23. The van der Waals surface area contributed by atoms with Gasteiger partial charge in [-0.25, -0.2) is 13.1 Å². The van der Waals surface area contributed by atoms with Crippen LogP contribution in [-0.2, 0) is 10.0 Å². The molecule has 1 aromatic rings. The molecule has 0 amide bonds. The number of sulfonamides is 1. The molecule has 2 atom stereocenters. The topological polar surface area (TPSA) is 72.2 Å². The quantitative estimate of drug-likeness (QED) is 0.839. The Kier molecular flexibility index (Phi) is 4.94. The first-order valence-corrected chi connectivity index (χ1v) is 8.79. The number of hydrogen-bond donors (Lipinski definition) is 2. The standard InChI is InChI=1S/C14H21ClN2O2S/c1-10-3-2-4-11(7-10)9-17-20(18,19)14-8-12(15)5-6-13(14)16/h5-6,8,10-11,17H,2-4,7,9,16H2,1H3. The zero-order valence-electron chi connectivity index (χ0n) is 11.6. The number of hydrogen-bond acceptors (Lipinski definition) is 3. The van der Waals surface area contributed by atoms with Crippen molar-refractivity contribution in [3.63, 3.8) is 0 Å². The molecule has 0 saturated heterocycles. The summed E-state index contributed by atoms with van der Waals surface area (Å²) >= 11 is 5.84. The van der Waals surface area contributed by atoms with Gasteiger partial charge in [0.2, 0.25) is 10.0 Å². The van der Waals surface area contributed by atoms with Crippen LogP contribution >= 0.6 is 11.6 Å². The number of nitrogens with two attached hydrogens (primary N) is 1. The second-order valence-corrected chi connectivity index (χ2v) is 7.84. The van der Waals surface area contributed by atoms with Gasteiger partial charge in [-0.15, -0.1) is 0 Å². The number of nitrogens with one attached hydrogen (secondary N) is 1. The summed E-state index contributed by atoms with van der Waals surface area (Å²) in [5, 5.41) is 0.367. The van der Waals surface area contributed by atoms with Crippen LogP contribution in [0, 0.1) is 11.8 Å². The predicted octanol–water partition coefficient (Wildman–Crippen LogP) is 3.03. The fraction of sp³-hybridized carbons (Fsp3) is 0.571. The summed E-state index contributed by atoms with van der Waals surface area (Å²) in [6.07, 6.45) is 4.57. The van der Waals surface area contributed by atoms with Gasteiger partial charge in [-0.05, 0) is 42.9 Å². The average Bonchev–Trinajstić information content (AvgIpc) is 2.39. The lowest BCUT2D eigenvalue weighted by Gasteiger charge is -2.26. The van der Waals surface area contributed by atoms with Crippen LogP contribution in [-0.4, -0.2) is 15.0 Å². The fourth-order valence-electron chi connectivity index (χ4n) is 2.79. The van der Waals surface area contributed by atoms with Gasteiger partial charge in [0, 0.05) is 11.6 Å². The minimum absolute atomic E-state index is 0.0638. The molecule has 0 aromatic heterocycles. The Morgan fingerprint density at radius 1 is 1.40 bits per heavy atom. The minimum atomic E-state index is -3.59. The third-order valence-corrected chi connectivity index (χ3v) is 5.59. The van der Waals surface area contributed by atoms with E-state index >= 15 is 0 Å². The molecule has 1 fully saturated rings. The van der Waals surface area contributed by atoms with Gasteiger partial charge in [-0.3, -0.25) is 0 Å². The summed E-state index contributed by atoms with van der Waals surface area (Å²) in [5.41, 5.74) is 5.95. The first kappa shape index (κ1) is 15.6. The van der Waals surface area contributed by atoms with E-state index in [-0.39, 0.29) is 10.6 Å². The Labute approximate surface area is 125 Å². The molecule has 6 heteroatoms. The van der Waals surface area contributed by atoms with E-state index in [0.29, 0.717) is 23.4 Å². The molecule has 4 nitrogen and oxygen atoms in total. The number of nitrogen functional groups attached to an aromatic ring is 1. The van der Waals surface area contributed by atoms with Crippen molar-refractivity contribution in [3.8, 4) is 0 Å². The van der Waals surface area contributed by atoms with Gasteiger partial charge in [0.25, 0.3) is 0 Å². The highest BCUT2D eigenvalue weighted by atomic mass is 35.5. The third-order valence-electron chi connectivity index (χ3n) is 3.87. The molecule has 3 N–H and O–H groups in total. The smallest absolute Gasteiger partial charge is 0.242 e. The van der Waals surface area contributed by atoms with Crippen molar-refractivity contribution in [1.82, 2.24) is 4.72 Å². The van der Waals surface area contributed by atoms with Crippen molar-refractivity contribution < 1.29 is 8.42 Å². The van der Waals surface area contributed by atoms with Gasteiger partial charge in [0.1, 0.15) is 4.90 Å². The van der Waals surface area contributed by atoms with Crippen molar-refractivity contribution in [1.29, 1.82) is 0 Å². The first-order valence-electron chi connectivity index (χ1n) is 6.93. The Morgan fingerprint density at radius 3 is 2.85 bits per heavy atom. The molecule has 0 bridgehead atoms. The molecule has 0 radical (unpaired) electrons. The van der Waals surface area contributed by atoms with E-state index < -0.39 is 10.0 Å². The van der Waals surface area contributed by atoms with Gasteiger partial charge in [0.15, 0.2) is 0 Å². The number of benzene rings is 1. The van der Waals surface area contributed by atoms with Crippen LogP contribution in [0.5, 0.6) is 0 Å². The Hall–Kier alpha value is -0.780. The van der Waals surface area contributed by atoms with E-state index in [4.69, 9.17) is 17.3 Å². The van der Waals surface area contributed by atoms with E-state index in [1.165, 1.54) is 25.0 Å². The van der Waals surface area contributed by atoms with Crippen molar-refractivity contribution in [2.45, 2.75) is 37.5 Å². The van der Waals surface area contributed by atoms with Gasteiger partial charge >= 0.3 is 0 Å². The highest BCUT2D eigenvalue weighted by Crippen LogP contribution is 2.29. The molecule has 0 heterocycles. The fourth-order valence-corrected chi connectivity index (χ4v) is 4.30. The summed E-state index contributed by atoms with van der Waals surface area (Å²) in [5.74, 6) is 1.09. The molecule has 2 rings (SSSR count). The lowest BCUT2D eigenvalue weighted by molar-refractivity contribution is 0.283. The summed E-state index contributed by atoms with van der Waals surface area (Å²) < 4.78 is 27.2. The molecular formula is C14H21ClN2O2S. The molecule has 1 aliphatic carbocycles. The van der Waals surface area contributed by atoms with E-state index in [2.05, 4.69) is 11.6 Å². The van der Waals surface area contributed by atoms with E-state index in [9.17, 15) is 8.42 Å². The lowest BCUT2D eigenvalue weighted by atomic mass is 9.83. The molecule has 1 saturated carbocycles. The average molecular weight is 317 g/mol. The monoisotopic (exact) mass is 316 g/mol. The summed E-state index contributed by atoms with van der Waals surface area (Å²) in [7, 11) is -3.59. The number of anilines is 1. The van der Waals surface area contributed by atoms with Gasteiger partial charge in [-0.2, -0.15) is 0 Å². The maximum atomic E-state index is 12.3. The Balaban J connectivity index is 2.05. The van der Waals surface area contributed by atoms with Crippen molar-refractivity contribution in [3.05, 3.63) is 23.2 Å². The maximum absolute atomic E-state index is 12.3. The number of rotatable bonds is 4. The van der Waals surface area contributed by atoms with Gasteiger partial charge < -0.3 is 5.73 Å². The molecular weight excluding hydrogens is 296 g/mol. The van der Waals surface area contributed by atoms with Crippen LogP contribution in [0.2, 0.25) is 5.02 Å². The van der Waals surface area contributed by atoms with Crippen LogP contribution in [0.15, 0.2) is 23.1 Å². The molecule has 112 valence electrons. The van der Waals surface area contributed by atoms with E-state index in [1.807, 2.05) is 0 Å². The largest absolute Gasteiger partial charge is 0.398 e. The molecule has 20 heavy (non-hydrogen) atoms. The minimum Gasteiger partial charge on any atom is -0.398 e. The SMILES string of the molecule is CC1CCCC(CNS(=O)(=O)c2cc(Cl)ccc2N)C1. The second-order valence-electron chi connectivity index (χ2n) is 5.67. The van der Waals surface area contributed by atoms with Crippen LogP contribution in [0.3, 0.4) is 0 Å². The lowest BCUT2D eigenvalue weighted by Crippen LogP contribution is -2.32. The van der Waals surface area contributed by atoms with Gasteiger partial charge in [-0.1, -0.05) is 31.4 Å². The van der Waals surface area contributed by atoms with Crippen molar-refractivity contribution in [2.75, 3.05) is 12.3 Å².